The van der Waals surface area contributed by atoms with Gasteiger partial charge < -0.3 is 14.5 Å². The van der Waals surface area contributed by atoms with E-state index in [4.69, 9.17) is 0 Å². The van der Waals surface area contributed by atoms with Gasteiger partial charge in [-0.05, 0) is 18.2 Å². The van der Waals surface area contributed by atoms with E-state index in [9.17, 15) is 22.8 Å². The normalized spacial score (nSPS) is 11.1. The molecule has 2 aromatic rings. The quantitative estimate of drug-likeness (QED) is 0.885. The number of hydrogen-bond donors (Lipinski definition) is 1. The molecular weight excluding hydrogens is 303 g/mol. The molecule has 1 N–H and O–H groups in total. The van der Waals surface area contributed by atoms with Crippen LogP contribution in [-0.2, 0) is 4.74 Å². The Labute approximate surface area is 122 Å². The highest BCUT2D eigenvalue weighted by Gasteiger charge is 2.32. The number of rotatable bonds is 3. The molecule has 0 bridgehead atoms. The maximum Gasteiger partial charge on any atom is 0.573 e. The summed E-state index contributed by atoms with van der Waals surface area (Å²) in [5.41, 5.74) is -0.948. The van der Waals surface area contributed by atoms with Gasteiger partial charge in [0.2, 0.25) is 0 Å². The molecule has 0 aliphatic rings. The van der Waals surface area contributed by atoms with E-state index in [0.29, 0.717) is 0 Å². The second-order valence-corrected chi connectivity index (χ2v) is 4.15. The summed E-state index contributed by atoms with van der Waals surface area (Å²) in [6.07, 6.45) is -4.88. The highest BCUT2D eigenvalue weighted by Crippen LogP contribution is 2.31. The molecule has 1 aromatic heterocycles. The molecule has 0 atom stereocenters. The van der Waals surface area contributed by atoms with Crippen molar-refractivity contribution in [1.29, 1.82) is 0 Å². The Hall–Kier alpha value is -2.77. The molecule has 8 heteroatoms. The van der Waals surface area contributed by atoms with Crippen LogP contribution in [0, 0.1) is 0 Å². The zero-order valence-corrected chi connectivity index (χ0v) is 11.2. The Morgan fingerprint density at radius 1 is 1.09 bits per heavy atom. The van der Waals surface area contributed by atoms with E-state index >= 15 is 0 Å². The number of aromatic amines is 1. The molecule has 116 valence electrons. The molecular formula is C14H10F3NO4. The van der Waals surface area contributed by atoms with Gasteiger partial charge in [-0.1, -0.05) is 18.2 Å². The van der Waals surface area contributed by atoms with Crippen LogP contribution in [0.3, 0.4) is 0 Å². The lowest BCUT2D eigenvalue weighted by Gasteiger charge is -2.13. The van der Waals surface area contributed by atoms with Crippen molar-refractivity contribution >= 4 is 5.97 Å². The van der Waals surface area contributed by atoms with Gasteiger partial charge in [-0.15, -0.1) is 13.2 Å². The largest absolute Gasteiger partial charge is 0.573 e. The van der Waals surface area contributed by atoms with E-state index in [1.54, 1.807) is 0 Å². The van der Waals surface area contributed by atoms with Gasteiger partial charge in [0.25, 0.3) is 5.56 Å². The van der Waals surface area contributed by atoms with Gasteiger partial charge >= 0.3 is 12.3 Å². The molecule has 0 saturated carbocycles. The van der Waals surface area contributed by atoms with E-state index in [-0.39, 0.29) is 16.8 Å². The molecule has 0 fully saturated rings. The molecule has 2 rings (SSSR count). The number of alkyl halides is 3. The third-order valence-corrected chi connectivity index (χ3v) is 2.72. The van der Waals surface area contributed by atoms with Gasteiger partial charge in [-0.2, -0.15) is 0 Å². The summed E-state index contributed by atoms with van der Waals surface area (Å²) >= 11 is 0. The first-order chi connectivity index (χ1) is 10.3. The fourth-order valence-corrected chi connectivity index (χ4v) is 1.82. The number of pyridine rings is 1. The minimum Gasteiger partial charge on any atom is -0.464 e. The second kappa shape index (κ2) is 5.92. The lowest BCUT2D eigenvalue weighted by molar-refractivity contribution is -0.274. The summed E-state index contributed by atoms with van der Waals surface area (Å²) in [4.78, 5) is 25.5. The highest BCUT2D eigenvalue weighted by atomic mass is 19.4. The van der Waals surface area contributed by atoms with Crippen LogP contribution in [0.5, 0.6) is 5.75 Å². The van der Waals surface area contributed by atoms with Crippen LogP contribution in [-0.4, -0.2) is 24.4 Å². The number of carbonyl (C=O) groups excluding carboxylic acids is 1. The number of methoxy groups -OCH3 is 1. The van der Waals surface area contributed by atoms with E-state index < -0.39 is 23.6 Å². The maximum atomic E-state index is 12.4. The molecule has 1 heterocycles. The predicted molar refractivity (Wildman–Crippen MR) is 70.5 cm³/mol. The Balaban J connectivity index is 2.49. The van der Waals surface area contributed by atoms with Crippen molar-refractivity contribution in [3.8, 4) is 16.9 Å². The second-order valence-electron chi connectivity index (χ2n) is 4.15. The van der Waals surface area contributed by atoms with Crippen molar-refractivity contribution in [3.63, 3.8) is 0 Å². The average Bonchev–Trinajstić information content (AvgIpc) is 2.45. The van der Waals surface area contributed by atoms with Crippen molar-refractivity contribution in [1.82, 2.24) is 4.98 Å². The predicted octanol–water partition coefficient (Wildman–Crippen LogP) is 2.73. The van der Waals surface area contributed by atoms with Crippen LogP contribution in [0.15, 0.2) is 41.2 Å². The summed E-state index contributed by atoms with van der Waals surface area (Å²) in [6.45, 7) is 0. The molecule has 5 nitrogen and oxygen atoms in total. The Morgan fingerprint density at radius 2 is 1.77 bits per heavy atom. The maximum absolute atomic E-state index is 12.4. The highest BCUT2D eigenvalue weighted by molar-refractivity contribution is 5.87. The number of aromatic nitrogens is 1. The van der Waals surface area contributed by atoms with Crippen molar-refractivity contribution < 1.29 is 27.4 Å². The summed E-state index contributed by atoms with van der Waals surface area (Å²) < 4.78 is 45.5. The number of nitrogens with one attached hydrogen (secondary N) is 1. The van der Waals surface area contributed by atoms with Gasteiger partial charge in [-0.3, -0.25) is 4.79 Å². The van der Waals surface area contributed by atoms with Crippen molar-refractivity contribution in [2.45, 2.75) is 6.36 Å². The minimum absolute atomic E-state index is 0.0440. The van der Waals surface area contributed by atoms with E-state index in [2.05, 4.69) is 14.5 Å². The standard InChI is InChI=1S/C14H10F3NO4/c1-21-13(20)10-7-6-9(12(19)18-10)8-4-2-3-5-11(8)22-14(15,16)17/h2-7H,1H3,(H,18,19). The van der Waals surface area contributed by atoms with Gasteiger partial charge in [0.1, 0.15) is 11.4 Å². The summed E-state index contributed by atoms with van der Waals surface area (Å²) in [5, 5.41) is 0. The summed E-state index contributed by atoms with van der Waals surface area (Å²) in [6, 6.07) is 7.68. The van der Waals surface area contributed by atoms with Crippen molar-refractivity contribution in [2.75, 3.05) is 7.11 Å². The van der Waals surface area contributed by atoms with E-state index in [0.717, 1.165) is 13.2 Å². The lowest BCUT2D eigenvalue weighted by Crippen LogP contribution is -2.19. The number of para-hydroxylation sites is 1. The minimum atomic E-state index is -4.88. The number of carbonyl (C=O) groups is 1. The van der Waals surface area contributed by atoms with Gasteiger partial charge in [0.05, 0.1) is 12.7 Å². The lowest BCUT2D eigenvalue weighted by atomic mass is 10.1. The van der Waals surface area contributed by atoms with Crippen molar-refractivity contribution in [3.05, 3.63) is 52.4 Å². The fourth-order valence-electron chi connectivity index (χ4n) is 1.82. The SMILES string of the molecule is COC(=O)c1ccc(-c2ccccc2OC(F)(F)F)c(=O)[nH]1. The topological polar surface area (TPSA) is 68.4 Å². The van der Waals surface area contributed by atoms with Crippen molar-refractivity contribution in [2.24, 2.45) is 0 Å². The summed E-state index contributed by atoms with van der Waals surface area (Å²) in [5.74, 6) is -1.27. The molecule has 1 aromatic carbocycles. The third-order valence-electron chi connectivity index (χ3n) is 2.72. The molecule has 0 aliphatic heterocycles. The molecule has 0 spiro atoms. The molecule has 0 aliphatic carbocycles. The summed E-state index contributed by atoms with van der Waals surface area (Å²) in [7, 11) is 1.14. The monoisotopic (exact) mass is 313 g/mol. The Bertz CT molecular complexity index is 752. The van der Waals surface area contributed by atoms with E-state index in [1.165, 1.54) is 30.3 Å². The van der Waals surface area contributed by atoms with Crippen LogP contribution in [0.25, 0.3) is 11.1 Å². The molecule has 0 saturated heterocycles. The number of halogens is 3. The number of H-pyrrole nitrogens is 1. The molecule has 0 radical (unpaired) electrons. The number of esters is 1. The van der Waals surface area contributed by atoms with Crippen LogP contribution in [0.2, 0.25) is 0 Å². The average molecular weight is 313 g/mol. The first kappa shape index (κ1) is 15.6. The fraction of sp³-hybridized carbons (Fsp3) is 0.143. The van der Waals surface area contributed by atoms with Crippen LogP contribution in [0.1, 0.15) is 10.5 Å². The third kappa shape index (κ3) is 3.46. The smallest absolute Gasteiger partial charge is 0.464 e. The molecule has 0 amide bonds. The number of hydrogen-bond acceptors (Lipinski definition) is 4. The zero-order valence-electron chi connectivity index (χ0n) is 11.2. The zero-order chi connectivity index (χ0) is 16.3. The molecule has 22 heavy (non-hydrogen) atoms. The van der Waals surface area contributed by atoms with Gasteiger partial charge in [-0.25, -0.2) is 4.79 Å². The Morgan fingerprint density at radius 3 is 2.36 bits per heavy atom. The Kier molecular flexibility index (Phi) is 4.20. The molecule has 0 unspecified atom stereocenters. The number of benzene rings is 1. The van der Waals surface area contributed by atoms with E-state index in [1.807, 2.05) is 0 Å². The van der Waals surface area contributed by atoms with Crippen LogP contribution < -0.4 is 10.3 Å². The van der Waals surface area contributed by atoms with Crippen LogP contribution >= 0.6 is 0 Å². The first-order valence-corrected chi connectivity index (χ1v) is 5.98. The van der Waals surface area contributed by atoms with Gasteiger partial charge in [0, 0.05) is 5.56 Å². The number of ether oxygens (including phenoxy) is 2. The first-order valence-electron chi connectivity index (χ1n) is 5.98. The van der Waals surface area contributed by atoms with Crippen LogP contribution in [0.4, 0.5) is 13.2 Å². The van der Waals surface area contributed by atoms with Gasteiger partial charge in [0.15, 0.2) is 0 Å².